The number of anilines is 1. The lowest BCUT2D eigenvalue weighted by molar-refractivity contribution is -0.125. The Labute approximate surface area is 187 Å². The number of nitrogens with zero attached hydrogens (tertiary/aromatic N) is 2. The van der Waals surface area contributed by atoms with Gasteiger partial charge in [0.15, 0.2) is 0 Å². The van der Waals surface area contributed by atoms with E-state index < -0.39 is 21.9 Å². The van der Waals surface area contributed by atoms with Crippen LogP contribution in [0.3, 0.4) is 0 Å². The van der Waals surface area contributed by atoms with Crippen LogP contribution in [0, 0.1) is 5.82 Å². The predicted molar refractivity (Wildman–Crippen MR) is 118 cm³/mol. The lowest BCUT2D eigenvalue weighted by Crippen LogP contribution is -2.47. The van der Waals surface area contributed by atoms with Crippen LogP contribution in [0.5, 0.6) is 0 Å². The molecule has 9 heteroatoms. The number of sulfonamides is 1. The van der Waals surface area contributed by atoms with E-state index in [2.05, 4.69) is 5.32 Å². The molecule has 32 heavy (non-hydrogen) atoms. The Balaban J connectivity index is 1.55. The molecule has 2 heterocycles. The summed E-state index contributed by atoms with van der Waals surface area (Å²) in [5.74, 6) is -1.07. The Hall–Kier alpha value is -2.78. The van der Waals surface area contributed by atoms with Gasteiger partial charge < -0.3 is 5.32 Å². The number of piperidine rings is 1. The third-order valence-corrected chi connectivity index (χ3v) is 7.88. The van der Waals surface area contributed by atoms with Gasteiger partial charge in [0.05, 0.1) is 4.90 Å². The van der Waals surface area contributed by atoms with Crippen molar-refractivity contribution in [2.75, 3.05) is 18.0 Å². The zero-order valence-corrected chi connectivity index (χ0v) is 18.7. The van der Waals surface area contributed by atoms with Gasteiger partial charge in [-0.25, -0.2) is 12.8 Å². The Kier molecular flexibility index (Phi) is 6.30. The number of hydrogen-bond donors (Lipinski definition) is 1. The fraction of sp³-hybridized carbons (Fsp3) is 0.391. The van der Waals surface area contributed by atoms with Crippen molar-refractivity contribution in [2.24, 2.45) is 0 Å². The average molecular weight is 460 g/mol. The van der Waals surface area contributed by atoms with Crippen molar-refractivity contribution in [1.82, 2.24) is 9.62 Å². The molecule has 0 spiro atoms. The zero-order valence-electron chi connectivity index (χ0n) is 17.9. The summed E-state index contributed by atoms with van der Waals surface area (Å²) < 4.78 is 41.0. The molecule has 0 radical (unpaired) electrons. The molecule has 0 aromatic heterocycles. The van der Waals surface area contributed by atoms with E-state index >= 15 is 0 Å². The molecule has 1 N–H and O–H groups in total. The van der Waals surface area contributed by atoms with Crippen molar-refractivity contribution >= 4 is 27.5 Å². The second-order valence-corrected chi connectivity index (χ2v) is 10.1. The third-order valence-electron chi connectivity index (χ3n) is 5.99. The molecule has 2 aliphatic heterocycles. The quantitative estimate of drug-likeness (QED) is 0.745. The average Bonchev–Trinajstić information content (AvgIpc) is 3.17. The topological polar surface area (TPSA) is 86.8 Å². The highest BCUT2D eigenvalue weighted by Gasteiger charge is 2.38. The maximum absolute atomic E-state index is 13.4. The van der Waals surface area contributed by atoms with Crippen LogP contribution in [0.2, 0.25) is 0 Å². The van der Waals surface area contributed by atoms with E-state index in [0.29, 0.717) is 29.9 Å². The number of halogens is 1. The lowest BCUT2D eigenvalue weighted by atomic mass is 10.1. The first-order valence-electron chi connectivity index (χ1n) is 10.7. The molecule has 1 unspecified atom stereocenters. The van der Waals surface area contributed by atoms with Crippen LogP contribution in [0.4, 0.5) is 10.1 Å². The standard InChI is InChI=1S/C23H26FN3O4S/c1-16(28)27-21-9-8-20(32(30,31)26-10-3-2-4-11-26)13-18(21)14-22(27)23(29)25-15-17-6-5-7-19(24)12-17/h5-9,12-13,22H,2-4,10-11,14-15H2,1H3,(H,25,29). The molecule has 2 aromatic rings. The van der Waals surface area contributed by atoms with Crippen LogP contribution in [-0.2, 0) is 32.6 Å². The third kappa shape index (κ3) is 4.40. The molecule has 2 amide bonds. The normalized spacial score (nSPS) is 18.9. The number of carbonyl (C=O) groups is 2. The first-order chi connectivity index (χ1) is 15.3. The Morgan fingerprint density at radius 2 is 1.84 bits per heavy atom. The fourth-order valence-electron chi connectivity index (χ4n) is 4.40. The summed E-state index contributed by atoms with van der Waals surface area (Å²) >= 11 is 0. The molecular weight excluding hydrogens is 433 g/mol. The Morgan fingerprint density at radius 3 is 2.53 bits per heavy atom. The summed E-state index contributed by atoms with van der Waals surface area (Å²) in [5, 5.41) is 2.76. The van der Waals surface area contributed by atoms with Crippen molar-refractivity contribution < 1.29 is 22.4 Å². The molecule has 7 nitrogen and oxygen atoms in total. The Bertz CT molecular complexity index is 1150. The molecular formula is C23H26FN3O4S. The molecule has 0 aliphatic carbocycles. The summed E-state index contributed by atoms with van der Waals surface area (Å²) in [5.41, 5.74) is 1.79. The molecule has 4 rings (SSSR count). The van der Waals surface area contributed by atoms with Crippen LogP contribution in [0.1, 0.15) is 37.3 Å². The molecule has 170 valence electrons. The molecule has 2 aromatic carbocycles. The smallest absolute Gasteiger partial charge is 0.243 e. The molecule has 1 fully saturated rings. The summed E-state index contributed by atoms with van der Waals surface area (Å²) in [4.78, 5) is 26.8. The summed E-state index contributed by atoms with van der Waals surface area (Å²) in [6.07, 6.45) is 2.93. The highest BCUT2D eigenvalue weighted by Crippen LogP contribution is 2.35. The SMILES string of the molecule is CC(=O)N1c2ccc(S(=O)(=O)N3CCCCC3)cc2CC1C(=O)NCc1cccc(F)c1. The van der Waals surface area contributed by atoms with E-state index in [1.165, 1.54) is 34.3 Å². The van der Waals surface area contributed by atoms with E-state index in [1.54, 1.807) is 24.3 Å². The van der Waals surface area contributed by atoms with Gasteiger partial charge in [-0.15, -0.1) is 0 Å². The number of amides is 2. The minimum atomic E-state index is -3.62. The Morgan fingerprint density at radius 1 is 1.09 bits per heavy atom. The number of hydrogen-bond acceptors (Lipinski definition) is 4. The van der Waals surface area contributed by atoms with Crippen molar-refractivity contribution in [3.05, 3.63) is 59.4 Å². The maximum Gasteiger partial charge on any atom is 0.243 e. The van der Waals surface area contributed by atoms with Gasteiger partial charge in [-0.3, -0.25) is 14.5 Å². The van der Waals surface area contributed by atoms with Crippen molar-refractivity contribution in [2.45, 2.75) is 50.1 Å². The van der Waals surface area contributed by atoms with E-state index in [9.17, 15) is 22.4 Å². The van der Waals surface area contributed by atoms with Crippen LogP contribution in [0.25, 0.3) is 0 Å². The van der Waals surface area contributed by atoms with Gasteiger partial charge in [-0.2, -0.15) is 4.31 Å². The molecule has 0 bridgehead atoms. The highest BCUT2D eigenvalue weighted by atomic mass is 32.2. The monoisotopic (exact) mass is 459 g/mol. The summed E-state index contributed by atoms with van der Waals surface area (Å²) in [7, 11) is -3.62. The molecule has 2 aliphatic rings. The number of nitrogens with one attached hydrogen (secondary N) is 1. The van der Waals surface area contributed by atoms with E-state index in [0.717, 1.165) is 19.3 Å². The van der Waals surface area contributed by atoms with Gasteiger partial charge in [0.1, 0.15) is 11.9 Å². The highest BCUT2D eigenvalue weighted by molar-refractivity contribution is 7.89. The largest absolute Gasteiger partial charge is 0.350 e. The van der Waals surface area contributed by atoms with Gasteiger partial charge in [0.25, 0.3) is 0 Å². The number of benzene rings is 2. The molecule has 0 saturated carbocycles. The van der Waals surface area contributed by atoms with Gasteiger partial charge in [0.2, 0.25) is 21.8 Å². The van der Waals surface area contributed by atoms with E-state index in [-0.39, 0.29) is 29.7 Å². The fourth-order valence-corrected chi connectivity index (χ4v) is 5.96. The number of fused-ring (bicyclic) bond motifs is 1. The minimum absolute atomic E-state index is 0.129. The summed E-state index contributed by atoms with van der Waals surface area (Å²) in [6, 6.07) is 9.83. The van der Waals surface area contributed by atoms with Crippen LogP contribution >= 0.6 is 0 Å². The molecule has 1 saturated heterocycles. The van der Waals surface area contributed by atoms with Crippen LogP contribution < -0.4 is 10.2 Å². The van der Waals surface area contributed by atoms with Gasteiger partial charge >= 0.3 is 0 Å². The first kappa shape index (κ1) is 22.4. The number of rotatable bonds is 5. The second-order valence-electron chi connectivity index (χ2n) is 8.21. The number of carbonyl (C=O) groups excluding carboxylic acids is 2. The zero-order chi connectivity index (χ0) is 22.9. The maximum atomic E-state index is 13.4. The second kappa shape index (κ2) is 8.99. The van der Waals surface area contributed by atoms with Crippen LogP contribution in [0.15, 0.2) is 47.4 Å². The van der Waals surface area contributed by atoms with Crippen LogP contribution in [-0.4, -0.2) is 43.7 Å². The van der Waals surface area contributed by atoms with Gasteiger partial charge in [-0.1, -0.05) is 18.6 Å². The van der Waals surface area contributed by atoms with Crippen molar-refractivity contribution in [1.29, 1.82) is 0 Å². The van der Waals surface area contributed by atoms with Crippen molar-refractivity contribution in [3.63, 3.8) is 0 Å². The lowest BCUT2D eigenvalue weighted by Gasteiger charge is -2.26. The van der Waals surface area contributed by atoms with E-state index in [1.807, 2.05) is 0 Å². The van der Waals surface area contributed by atoms with Gasteiger partial charge in [-0.05, 0) is 54.3 Å². The summed E-state index contributed by atoms with van der Waals surface area (Å²) in [6.45, 7) is 2.51. The first-order valence-corrected chi connectivity index (χ1v) is 12.2. The molecule has 1 atom stereocenters. The predicted octanol–water partition coefficient (Wildman–Crippen LogP) is 2.59. The van der Waals surface area contributed by atoms with Crippen molar-refractivity contribution in [3.8, 4) is 0 Å². The minimum Gasteiger partial charge on any atom is -0.350 e. The van der Waals surface area contributed by atoms with E-state index in [4.69, 9.17) is 0 Å². The van der Waals surface area contributed by atoms with Gasteiger partial charge in [0, 0.05) is 38.7 Å².